The normalized spacial score (nSPS) is 14.5. The minimum atomic E-state index is 0.199. The van der Waals surface area contributed by atoms with Crippen LogP contribution < -0.4 is 10.6 Å². The Hall–Kier alpha value is -1.71. The van der Waals surface area contributed by atoms with Gasteiger partial charge in [0, 0.05) is 30.0 Å². The summed E-state index contributed by atoms with van der Waals surface area (Å²) in [6, 6.07) is 6.46. The third kappa shape index (κ3) is 3.49. The molecule has 0 aromatic heterocycles. The number of nitrogen functional groups attached to an aromatic ring is 1. The van der Waals surface area contributed by atoms with Crippen molar-refractivity contribution in [3.05, 3.63) is 23.8 Å². The molecule has 2 N–H and O–H groups in total. The SMILES string of the molecule is CC(C)N(C(=O)CN1CCCc2cc(N)ccc21)C(C)C. The van der Waals surface area contributed by atoms with Gasteiger partial charge in [0.15, 0.2) is 0 Å². The zero-order valence-corrected chi connectivity index (χ0v) is 13.6. The molecule has 1 heterocycles. The number of fused-ring (bicyclic) bond motifs is 1. The Labute approximate surface area is 127 Å². The molecule has 0 unspecified atom stereocenters. The number of amides is 1. The number of nitrogens with zero attached hydrogens (tertiary/aromatic N) is 2. The molecule has 4 heteroatoms. The van der Waals surface area contributed by atoms with Gasteiger partial charge in [0.05, 0.1) is 6.54 Å². The lowest BCUT2D eigenvalue weighted by molar-refractivity contribution is -0.133. The molecule has 1 aromatic carbocycles. The van der Waals surface area contributed by atoms with Crippen LogP contribution in [0.15, 0.2) is 18.2 Å². The smallest absolute Gasteiger partial charge is 0.242 e. The van der Waals surface area contributed by atoms with E-state index in [9.17, 15) is 4.79 Å². The van der Waals surface area contributed by atoms with E-state index in [0.29, 0.717) is 6.54 Å². The molecule has 0 atom stereocenters. The van der Waals surface area contributed by atoms with Gasteiger partial charge in [-0.15, -0.1) is 0 Å². The van der Waals surface area contributed by atoms with Gasteiger partial charge in [-0.05, 0) is 64.3 Å². The molecule has 0 radical (unpaired) electrons. The zero-order chi connectivity index (χ0) is 15.6. The molecular formula is C17H27N3O. The van der Waals surface area contributed by atoms with Gasteiger partial charge < -0.3 is 15.5 Å². The van der Waals surface area contributed by atoms with Crippen molar-refractivity contribution in [1.82, 2.24) is 4.90 Å². The fourth-order valence-corrected chi connectivity index (χ4v) is 3.28. The average molecular weight is 289 g/mol. The second-order valence-corrected chi connectivity index (χ2v) is 6.40. The van der Waals surface area contributed by atoms with Crippen molar-refractivity contribution in [2.24, 2.45) is 0 Å². The highest BCUT2D eigenvalue weighted by Gasteiger charge is 2.24. The van der Waals surface area contributed by atoms with Gasteiger partial charge in [-0.3, -0.25) is 4.79 Å². The Morgan fingerprint density at radius 1 is 1.29 bits per heavy atom. The highest BCUT2D eigenvalue weighted by atomic mass is 16.2. The van der Waals surface area contributed by atoms with Crippen molar-refractivity contribution in [3.8, 4) is 0 Å². The minimum absolute atomic E-state index is 0.199. The fourth-order valence-electron chi connectivity index (χ4n) is 3.28. The maximum atomic E-state index is 12.6. The summed E-state index contributed by atoms with van der Waals surface area (Å²) in [7, 11) is 0. The lowest BCUT2D eigenvalue weighted by atomic mass is 10.0. The maximum Gasteiger partial charge on any atom is 0.242 e. The first-order valence-corrected chi connectivity index (χ1v) is 7.84. The number of hydrogen-bond acceptors (Lipinski definition) is 3. The first kappa shape index (κ1) is 15.7. The molecule has 1 aliphatic rings. The monoisotopic (exact) mass is 289 g/mol. The molecule has 0 spiro atoms. The van der Waals surface area contributed by atoms with Crippen LogP contribution in [0.4, 0.5) is 11.4 Å². The lowest BCUT2D eigenvalue weighted by Gasteiger charge is -2.36. The molecule has 116 valence electrons. The third-order valence-electron chi connectivity index (χ3n) is 4.05. The lowest BCUT2D eigenvalue weighted by Crippen LogP contribution is -2.48. The summed E-state index contributed by atoms with van der Waals surface area (Å²) in [6.07, 6.45) is 2.12. The maximum absolute atomic E-state index is 12.6. The Balaban J connectivity index is 2.16. The predicted octanol–water partition coefficient (Wildman–Crippen LogP) is 2.67. The van der Waals surface area contributed by atoms with E-state index < -0.39 is 0 Å². The van der Waals surface area contributed by atoms with Gasteiger partial charge in [-0.2, -0.15) is 0 Å². The van der Waals surface area contributed by atoms with Crippen LogP contribution in [-0.4, -0.2) is 36.0 Å². The van der Waals surface area contributed by atoms with E-state index in [4.69, 9.17) is 5.73 Å². The first-order chi connectivity index (χ1) is 9.90. The summed E-state index contributed by atoms with van der Waals surface area (Å²) >= 11 is 0. The second kappa shape index (κ2) is 6.37. The van der Waals surface area contributed by atoms with Crippen molar-refractivity contribution in [3.63, 3.8) is 0 Å². The zero-order valence-electron chi connectivity index (χ0n) is 13.6. The largest absolute Gasteiger partial charge is 0.399 e. The molecule has 1 amide bonds. The molecule has 0 saturated carbocycles. The van der Waals surface area contributed by atoms with Gasteiger partial charge in [-0.1, -0.05) is 0 Å². The highest BCUT2D eigenvalue weighted by molar-refractivity contribution is 5.82. The third-order valence-corrected chi connectivity index (χ3v) is 4.05. The first-order valence-electron chi connectivity index (χ1n) is 7.84. The number of rotatable bonds is 4. The van der Waals surface area contributed by atoms with E-state index >= 15 is 0 Å². The molecule has 2 rings (SSSR count). The minimum Gasteiger partial charge on any atom is -0.399 e. The van der Waals surface area contributed by atoms with Gasteiger partial charge in [0.1, 0.15) is 0 Å². The molecule has 1 aromatic rings. The molecule has 0 saturated heterocycles. The fraction of sp³-hybridized carbons (Fsp3) is 0.588. The predicted molar refractivity (Wildman–Crippen MR) is 88.5 cm³/mol. The van der Waals surface area contributed by atoms with Crippen LogP contribution in [0.3, 0.4) is 0 Å². The number of aryl methyl sites for hydroxylation is 1. The Morgan fingerprint density at radius 2 is 1.95 bits per heavy atom. The molecule has 0 aliphatic carbocycles. The van der Waals surface area contributed by atoms with Crippen LogP contribution >= 0.6 is 0 Å². The van der Waals surface area contributed by atoms with Gasteiger partial charge in [0.25, 0.3) is 0 Å². The summed E-state index contributed by atoms with van der Waals surface area (Å²) < 4.78 is 0. The second-order valence-electron chi connectivity index (χ2n) is 6.40. The van der Waals surface area contributed by atoms with E-state index in [0.717, 1.165) is 30.8 Å². The summed E-state index contributed by atoms with van der Waals surface area (Å²) in [5.74, 6) is 0.199. The molecule has 1 aliphatic heterocycles. The van der Waals surface area contributed by atoms with Crippen molar-refractivity contribution in [2.75, 3.05) is 23.7 Å². The van der Waals surface area contributed by atoms with E-state index in [1.165, 1.54) is 5.56 Å². The Kier molecular flexibility index (Phi) is 4.76. The van der Waals surface area contributed by atoms with Crippen LogP contribution in [0.5, 0.6) is 0 Å². The summed E-state index contributed by atoms with van der Waals surface area (Å²) in [5.41, 5.74) is 9.08. The number of carbonyl (C=O) groups is 1. The van der Waals surface area contributed by atoms with Crippen molar-refractivity contribution >= 4 is 17.3 Å². The van der Waals surface area contributed by atoms with E-state index in [1.807, 2.05) is 23.1 Å². The Morgan fingerprint density at radius 3 is 2.57 bits per heavy atom. The molecule has 21 heavy (non-hydrogen) atoms. The summed E-state index contributed by atoms with van der Waals surface area (Å²) in [6.45, 7) is 9.68. The molecule has 0 fully saturated rings. The van der Waals surface area contributed by atoms with E-state index in [1.54, 1.807) is 0 Å². The van der Waals surface area contributed by atoms with Crippen LogP contribution in [-0.2, 0) is 11.2 Å². The quantitative estimate of drug-likeness (QED) is 0.867. The topological polar surface area (TPSA) is 49.6 Å². The van der Waals surface area contributed by atoms with Crippen molar-refractivity contribution in [1.29, 1.82) is 0 Å². The number of benzene rings is 1. The molecular weight excluding hydrogens is 262 g/mol. The van der Waals surface area contributed by atoms with Gasteiger partial charge in [-0.25, -0.2) is 0 Å². The summed E-state index contributed by atoms with van der Waals surface area (Å²) in [5, 5.41) is 0. The number of nitrogens with two attached hydrogens (primary N) is 1. The average Bonchev–Trinajstić information content (AvgIpc) is 2.37. The standard InChI is InChI=1S/C17H27N3O/c1-12(2)20(13(3)4)17(21)11-19-9-5-6-14-10-15(18)7-8-16(14)19/h7-8,10,12-13H,5-6,9,11,18H2,1-4H3. The van der Waals surface area contributed by atoms with Gasteiger partial charge >= 0.3 is 0 Å². The highest BCUT2D eigenvalue weighted by Crippen LogP contribution is 2.28. The molecule has 4 nitrogen and oxygen atoms in total. The van der Waals surface area contributed by atoms with Crippen molar-refractivity contribution in [2.45, 2.75) is 52.6 Å². The van der Waals surface area contributed by atoms with E-state index in [-0.39, 0.29) is 18.0 Å². The van der Waals surface area contributed by atoms with Crippen molar-refractivity contribution < 1.29 is 4.79 Å². The van der Waals surface area contributed by atoms with E-state index in [2.05, 4.69) is 32.6 Å². The Bertz CT molecular complexity index is 503. The van der Waals surface area contributed by atoms with Crippen LogP contribution in [0.1, 0.15) is 39.7 Å². The number of hydrogen-bond donors (Lipinski definition) is 1. The van der Waals surface area contributed by atoms with Crippen LogP contribution in [0.25, 0.3) is 0 Å². The van der Waals surface area contributed by atoms with Crippen LogP contribution in [0.2, 0.25) is 0 Å². The van der Waals surface area contributed by atoms with Crippen LogP contribution in [0, 0.1) is 0 Å². The number of carbonyl (C=O) groups excluding carboxylic acids is 1. The number of anilines is 2. The van der Waals surface area contributed by atoms with Gasteiger partial charge in [0.2, 0.25) is 5.91 Å². The molecule has 0 bridgehead atoms. The summed E-state index contributed by atoms with van der Waals surface area (Å²) in [4.78, 5) is 16.8.